The number of fused-ring (bicyclic) bond motifs is 1. The summed E-state index contributed by atoms with van der Waals surface area (Å²) in [7, 11) is 0. The molecular weight excluding hydrogens is 486 g/mol. The van der Waals surface area contributed by atoms with Gasteiger partial charge in [-0.2, -0.15) is 0 Å². The van der Waals surface area contributed by atoms with E-state index in [0.29, 0.717) is 13.1 Å². The topological polar surface area (TPSA) is 98.7 Å². The molecule has 3 fully saturated rings. The molecule has 7 atom stereocenters. The molecule has 0 saturated carbocycles. The van der Waals surface area contributed by atoms with Crippen LogP contribution in [0, 0.1) is 17.8 Å². The summed E-state index contributed by atoms with van der Waals surface area (Å²) < 4.78 is -0.572. The number of aliphatic hydroxyl groups is 1. The summed E-state index contributed by atoms with van der Waals surface area (Å²) in [5.74, 6) is -0.899. The Labute approximate surface area is 225 Å². The Kier molecular flexibility index (Phi) is 9.22. The first-order chi connectivity index (χ1) is 17.8. The molecule has 3 aliphatic rings. The summed E-state index contributed by atoms with van der Waals surface area (Å²) in [5.41, 5.74) is 1.03. The zero-order chi connectivity index (χ0) is 26.6. The van der Waals surface area contributed by atoms with E-state index in [1.807, 2.05) is 37.3 Å². The second kappa shape index (κ2) is 12.2. The van der Waals surface area contributed by atoms with Gasteiger partial charge in [0.2, 0.25) is 17.7 Å². The van der Waals surface area contributed by atoms with Crippen LogP contribution in [0.15, 0.2) is 30.3 Å². The van der Waals surface area contributed by atoms with Crippen LogP contribution in [0.25, 0.3) is 0 Å². The first kappa shape index (κ1) is 28.0. The monoisotopic (exact) mass is 529 g/mol. The number of nitrogens with one attached hydrogen (secondary N) is 2. The summed E-state index contributed by atoms with van der Waals surface area (Å²) in [5, 5.41) is 15.5. The van der Waals surface area contributed by atoms with Crippen molar-refractivity contribution in [2.45, 2.75) is 94.3 Å². The molecule has 1 aromatic rings. The van der Waals surface area contributed by atoms with Crippen molar-refractivity contribution in [3.63, 3.8) is 0 Å². The molecule has 3 N–H and O–H groups in total. The third-order valence-electron chi connectivity index (χ3n) is 8.52. The van der Waals surface area contributed by atoms with Gasteiger partial charge in [0.1, 0.15) is 6.04 Å². The molecule has 3 amide bonds. The van der Waals surface area contributed by atoms with Gasteiger partial charge < -0.3 is 20.6 Å². The Balaban J connectivity index is 1.58. The van der Waals surface area contributed by atoms with Crippen LogP contribution >= 0.6 is 11.8 Å². The molecule has 3 aliphatic heterocycles. The van der Waals surface area contributed by atoms with E-state index in [1.54, 1.807) is 16.7 Å². The predicted octanol–water partition coefficient (Wildman–Crippen LogP) is 3.50. The highest BCUT2D eigenvalue weighted by Crippen LogP contribution is 2.68. The average molecular weight is 530 g/mol. The van der Waals surface area contributed by atoms with Gasteiger partial charge in [-0.1, -0.05) is 63.4 Å². The van der Waals surface area contributed by atoms with Gasteiger partial charge >= 0.3 is 0 Å². The van der Waals surface area contributed by atoms with Crippen LogP contribution in [0.4, 0.5) is 0 Å². The molecule has 37 heavy (non-hydrogen) atoms. The van der Waals surface area contributed by atoms with Crippen molar-refractivity contribution in [2.24, 2.45) is 17.8 Å². The van der Waals surface area contributed by atoms with Crippen LogP contribution in [0.3, 0.4) is 0 Å². The zero-order valence-corrected chi connectivity index (χ0v) is 23.3. The quantitative estimate of drug-likeness (QED) is 0.340. The number of hydrogen-bond acceptors (Lipinski definition) is 5. The van der Waals surface area contributed by atoms with Gasteiger partial charge in [-0.25, -0.2) is 0 Å². The number of thioether (sulfide) groups is 1. The molecule has 4 rings (SSSR count). The lowest BCUT2D eigenvalue weighted by Gasteiger charge is -2.39. The number of carbonyl (C=O) groups excluding carboxylic acids is 3. The van der Waals surface area contributed by atoms with E-state index < -0.39 is 22.6 Å². The number of likely N-dealkylation sites (tertiary alicyclic amines) is 1. The molecule has 0 aliphatic carbocycles. The molecule has 2 bridgehead atoms. The maximum Gasteiger partial charge on any atom is 0.244 e. The van der Waals surface area contributed by atoms with Crippen molar-refractivity contribution in [2.75, 3.05) is 13.2 Å². The summed E-state index contributed by atoms with van der Waals surface area (Å²) in [6.07, 6.45) is 6.04. The van der Waals surface area contributed by atoms with E-state index in [1.165, 1.54) is 0 Å². The lowest BCUT2D eigenvalue weighted by molar-refractivity contribution is -0.140. The lowest BCUT2D eigenvalue weighted by atomic mass is 9.66. The highest BCUT2D eigenvalue weighted by atomic mass is 32.2. The molecule has 3 heterocycles. The van der Waals surface area contributed by atoms with E-state index >= 15 is 0 Å². The second-order valence-electron chi connectivity index (χ2n) is 11.1. The number of nitrogens with zero attached hydrogens (tertiary/aromatic N) is 1. The predicted molar refractivity (Wildman–Crippen MR) is 147 cm³/mol. The van der Waals surface area contributed by atoms with Gasteiger partial charge in [-0.3, -0.25) is 14.4 Å². The van der Waals surface area contributed by atoms with Gasteiger partial charge in [-0.15, -0.1) is 11.8 Å². The van der Waals surface area contributed by atoms with Crippen molar-refractivity contribution in [1.29, 1.82) is 0 Å². The largest absolute Gasteiger partial charge is 0.396 e. The first-order valence-corrected chi connectivity index (χ1v) is 14.9. The van der Waals surface area contributed by atoms with E-state index in [9.17, 15) is 14.4 Å². The molecule has 4 unspecified atom stereocenters. The van der Waals surface area contributed by atoms with E-state index in [2.05, 4.69) is 24.5 Å². The Hall–Kier alpha value is -2.06. The lowest BCUT2D eigenvalue weighted by Crippen LogP contribution is -2.57. The van der Waals surface area contributed by atoms with Crippen molar-refractivity contribution < 1.29 is 19.5 Å². The Bertz CT molecular complexity index is 960. The first-order valence-electron chi connectivity index (χ1n) is 14.1. The van der Waals surface area contributed by atoms with Crippen LogP contribution in [-0.2, 0) is 20.9 Å². The number of carbonyl (C=O) groups is 3. The zero-order valence-electron chi connectivity index (χ0n) is 22.4. The van der Waals surface area contributed by atoms with E-state index in [-0.39, 0.29) is 41.5 Å². The van der Waals surface area contributed by atoms with Crippen LogP contribution in [0.2, 0.25) is 0 Å². The Morgan fingerprint density at radius 1 is 1.16 bits per heavy atom. The number of unbranched alkanes of at least 4 members (excludes halogenated alkanes) is 3. The molecule has 204 valence electrons. The molecule has 3 saturated heterocycles. The maximum absolute atomic E-state index is 14.1. The summed E-state index contributed by atoms with van der Waals surface area (Å²) in [6.45, 7) is 7.40. The minimum absolute atomic E-state index is 0.0353. The summed E-state index contributed by atoms with van der Waals surface area (Å²) in [6, 6.07) is 9.30. The van der Waals surface area contributed by atoms with Crippen LogP contribution in [0.5, 0.6) is 0 Å². The van der Waals surface area contributed by atoms with Gasteiger partial charge in [0.15, 0.2) is 0 Å². The van der Waals surface area contributed by atoms with Crippen LogP contribution < -0.4 is 10.6 Å². The third kappa shape index (κ3) is 5.42. The van der Waals surface area contributed by atoms with E-state index in [4.69, 9.17) is 5.11 Å². The van der Waals surface area contributed by atoms with Gasteiger partial charge in [0.25, 0.3) is 0 Å². The molecule has 0 aromatic heterocycles. The minimum atomic E-state index is -0.572. The van der Waals surface area contributed by atoms with E-state index in [0.717, 1.165) is 50.5 Å². The van der Waals surface area contributed by atoms with Crippen molar-refractivity contribution in [1.82, 2.24) is 15.5 Å². The molecule has 1 aromatic carbocycles. The molecular formula is C29H43N3O4S. The van der Waals surface area contributed by atoms with Gasteiger partial charge in [-0.05, 0) is 44.1 Å². The smallest absolute Gasteiger partial charge is 0.244 e. The van der Waals surface area contributed by atoms with Crippen LogP contribution in [-0.4, -0.2) is 63.0 Å². The normalized spacial score (nSPS) is 30.9. The number of amides is 3. The SMILES string of the molecule is CCCC(C)NC(=O)C1N(CCCCCCO)C(=O)[C@@H]2[C@H](C(=O)NCc3ccccc3)[C@@H]3CC(C)C12S3. The third-order valence-corrected chi connectivity index (χ3v) is 10.6. The summed E-state index contributed by atoms with van der Waals surface area (Å²) >= 11 is 1.73. The fourth-order valence-electron chi connectivity index (χ4n) is 6.84. The molecule has 7 nitrogen and oxygen atoms in total. The number of benzene rings is 1. The van der Waals surface area contributed by atoms with Crippen molar-refractivity contribution >= 4 is 29.5 Å². The average Bonchev–Trinajstić information content (AvgIpc) is 3.47. The Morgan fingerprint density at radius 3 is 2.59 bits per heavy atom. The molecule has 1 spiro atoms. The highest BCUT2D eigenvalue weighted by molar-refractivity contribution is 8.02. The highest BCUT2D eigenvalue weighted by Gasteiger charge is 2.75. The number of rotatable bonds is 13. The number of hydrogen-bond donors (Lipinski definition) is 3. The summed E-state index contributed by atoms with van der Waals surface area (Å²) in [4.78, 5) is 43.3. The number of aliphatic hydroxyl groups excluding tert-OH is 1. The van der Waals surface area contributed by atoms with Gasteiger partial charge in [0.05, 0.1) is 16.6 Å². The molecule has 8 heteroatoms. The van der Waals surface area contributed by atoms with Crippen LogP contribution in [0.1, 0.15) is 71.3 Å². The fourth-order valence-corrected chi connectivity index (χ4v) is 9.26. The second-order valence-corrected chi connectivity index (χ2v) is 12.7. The van der Waals surface area contributed by atoms with Crippen molar-refractivity contribution in [3.8, 4) is 0 Å². The minimum Gasteiger partial charge on any atom is -0.396 e. The Morgan fingerprint density at radius 2 is 1.89 bits per heavy atom. The fraction of sp³-hybridized carbons (Fsp3) is 0.690. The van der Waals surface area contributed by atoms with Crippen molar-refractivity contribution in [3.05, 3.63) is 35.9 Å². The standard InChI is InChI=1S/C29H43N3O4S/c1-4-12-20(3)31-27(35)25-29-19(2)17-22(37-29)23(26(34)30-18-21-13-8-7-9-14-21)24(29)28(36)32(25)15-10-5-6-11-16-33/h7-9,13-14,19-20,22-25,33H,4-6,10-12,15-18H2,1-3H3,(H,30,34)(H,31,35)/t19?,20?,22-,23+,24-,25?,29?/m0/s1. The molecule has 0 radical (unpaired) electrons. The van der Waals surface area contributed by atoms with Gasteiger partial charge in [0, 0.05) is 31.0 Å². The maximum atomic E-state index is 14.1.